The third kappa shape index (κ3) is 4.24. The Balaban J connectivity index is 1.81. The van der Waals surface area contributed by atoms with Crippen LogP contribution in [0.2, 0.25) is 5.02 Å². The zero-order valence-electron chi connectivity index (χ0n) is 16.4. The van der Waals surface area contributed by atoms with Crippen molar-refractivity contribution in [2.24, 2.45) is 5.73 Å². The van der Waals surface area contributed by atoms with Gasteiger partial charge in [-0.15, -0.1) is 0 Å². The van der Waals surface area contributed by atoms with Crippen molar-refractivity contribution in [2.75, 3.05) is 18.0 Å². The van der Waals surface area contributed by atoms with Gasteiger partial charge in [0.25, 0.3) is 5.91 Å². The molecule has 2 N–H and O–H groups in total. The summed E-state index contributed by atoms with van der Waals surface area (Å²) < 4.78 is 5.90. The quantitative estimate of drug-likeness (QED) is 0.596. The van der Waals surface area contributed by atoms with Crippen molar-refractivity contribution in [1.29, 1.82) is 0 Å². The van der Waals surface area contributed by atoms with E-state index in [2.05, 4.69) is 9.88 Å². The summed E-state index contributed by atoms with van der Waals surface area (Å²) >= 11 is 7.54. The number of esters is 1. The highest BCUT2D eigenvalue weighted by Gasteiger charge is 2.24. The highest BCUT2D eigenvalue weighted by atomic mass is 35.5. The summed E-state index contributed by atoms with van der Waals surface area (Å²) in [6.07, 6.45) is 2.40. The number of carbonyl (C=O) groups excluding carboxylic acids is 2. The first kappa shape index (κ1) is 20.6. The summed E-state index contributed by atoms with van der Waals surface area (Å²) in [5, 5.41) is 1.39. The van der Waals surface area contributed by atoms with E-state index in [1.54, 1.807) is 18.2 Å². The number of halogens is 1. The zero-order chi connectivity index (χ0) is 21.3. The number of carbonyl (C=O) groups is 2. The average molecular weight is 445 g/mol. The van der Waals surface area contributed by atoms with Crippen LogP contribution in [0.3, 0.4) is 0 Å². The second kappa shape index (κ2) is 8.57. The topological polar surface area (TPSA) is 98.4 Å². The molecular formula is C21H21ClN4O3S. The summed E-state index contributed by atoms with van der Waals surface area (Å²) in [6.45, 7) is 3.31. The molecule has 1 aliphatic heterocycles. The number of rotatable bonds is 5. The summed E-state index contributed by atoms with van der Waals surface area (Å²) in [4.78, 5) is 35.9. The Morgan fingerprint density at radius 3 is 2.67 bits per heavy atom. The predicted octanol–water partition coefficient (Wildman–Crippen LogP) is 4.03. The normalized spacial score (nSPS) is 15.2. The number of thiazole rings is 1. The van der Waals surface area contributed by atoms with E-state index in [-0.39, 0.29) is 0 Å². The van der Waals surface area contributed by atoms with Gasteiger partial charge in [-0.3, -0.25) is 4.79 Å². The molecule has 156 valence electrons. The Morgan fingerprint density at radius 1 is 1.20 bits per heavy atom. The molecule has 1 atom stereocenters. The zero-order valence-corrected chi connectivity index (χ0v) is 18.0. The van der Waals surface area contributed by atoms with Crippen molar-refractivity contribution in [3.05, 3.63) is 40.9 Å². The number of piperidine rings is 1. The van der Waals surface area contributed by atoms with Crippen molar-refractivity contribution in [2.45, 2.75) is 32.3 Å². The van der Waals surface area contributed by atoms with Crippen LogP contribution in [0.15, 0.2) is 30.3 Å². The molecule has 30 heavy (non-hydrogen) atoms. The Hall–Kier alpha value is -2.71. The van der Waals surface area contributed by atoms with E-state index < -0.39 is 18.0 Å². The number of anilines is 1. The van der Waals surface area contributed by atoms with Crippen LogP contribution in [0.25, 0.3) is 21.6 Å². The van der Waals surface area contributed by atoms with Gasteiger partial charge >= 0.3 is 5.97 Å². The minimum absolute atomic E-state index is 0.309. The molecule has 1 aliphatic rings. The molecule has 1 aromatic carbocycles. The van der Waals surface area contributed by atoms with Crippen LogP contribution in [0, 0.1) is 0 Å². The van der Waals surface area contributed by atoms with Crippen LogP contribution in [-0.4, -0.2) is 41.0 Å². The third-order valence-electron chi connectivity index (χ3n) is 5.00. The first-order valence-electron chi connectivity index (χ1n) is 9.75. The molecule has 1 saturated heterocycles. The number of primary amides is 1. The Morgan fingerprint density at radius 2 is 1.97 bits per heavy atom. The average Bonchev–Trinajstić information content (AvgIpc) is 3.17. The van der Waals surface area contributed by atoms with Gasteiger partial charge in [0.05, 0.1) is 16.0 Å². The smallest absolute Gasteiger partial charge is 0.340 e. The van der Waals surface area contributed by atoms with Gasteiger partial charge in [0.15, 0.2) is 16.9 Å². The van der Waals surface area contributed by atoms with Crippen LogP contribution in [0.1, 0.15) is 36.5 Å². The van der Waals surface area contributed by atoms with Crippen LogP contribution in [0.5, 0.6) is 0 Å². The van der Waals surface area contributed by atoms with Gasteiger partial charge in [0, 0.05) is 23.7 Å². The largest absolute Gasteiger partial charge is 0.449 e. The minimum atomic E-state index is -1.04. The lowest BCUT2D eigenvalue weighted by atomic mass is 10.1. The molecule has 0 unspecified atom stereocenters. The molecule has 0 spiro atoms. The van der Waals surface area contributed by atoms with Gasteiger partial charge in [-0.05, 0) is 44.4 Å². The van der Waals surface area contributed by atoms with Crippen molar-refractivity contribution in [1.82, 2.24) is 9.97 Å². The van der Waals surface area contributed by atoms with Crippen molar-refractivity contribution >= 4 is 50.3 Å². The Labute approximate surface area is 182 Å². The molecule has 1 amide bonds. The van der Waals surface area contributed by atoms with Crippen molar-refractivity contribution in [3.8, 4) is 11.3 Å². The number of hydrogen-bond donors (Lipinski definition) is 1. The van der Waals surface area contributed by atoms with Crippen molar-refractivity contribution < 1.29 is 14.3 Å². The number of pyridine rings is 1. The number of benzene rings is 1. The SMILES string of the molecule is C[C@H](OC(=O)c1cc(-c2cccc(Cl)c2)nc2nc(N3CCCCC3)sc12)C(N)=O. The predicted molar refractivity (Wildman–Crippen MR) is 118 cm³/mol. The fourth-order valence-electron chi connectivity index (χ4n) is 3.35. The molecule has 3 heterocycles. The molecular weight excluding hydrogens is 424 g/mol. The van der Waals surface area contributed by atoms with E-state index in [0.717, 1.165) is 36.6 Å². The van der Waals surface area contributed by atoms with E-state index in [0.29, 0.717) is 26.6 Å². The maximum absolute atomic E-state index is 12.9. The molecule has 1 fully saturated rings. The standard InChI is InChI=1S/C21H21ClN4O3S/c1-12(18(23)27)29-20(28)15-11-16(13-6-5-7-14(22)10-13)24-19-17(15)30-21(25-19)26-8-3-2-4-9-26/h5-7,10-12H,2-4,8-9H2,1H3,(H2,23,27)/t12-/m0/s1. The van der Waals surface area contributed by atoms with E-state index in [1.807, 2.05) is 12.1 Å². The van der Waals surface area contributed by atoms with Crippen LogP contribution >= 0.6 is 22.9 Å². The lowest BCUT2D eigenvalue weighted by Crippen LogP contribution is -2.30. The second-order valence-electron chi connectivity index (χ2n) is 7.21. The molecule has 2 aromatic heterocycles. The molecule has 0 radical (unpaired) electrons. The van der Waals surface area contributed by atoms with Crippen LogP contribution in [-0.2, 0) is 9.53 Å². The van der Waals surface area contributed by atoms with Gasteiger partial charge in [-0.2, -0.15) is 4.98 Å². The maximum Gasteiger partial charge on any atom is 0.340 e. The van der Waals surface area contributed by atoms with E-state index in [1.165, 1.54) is 24.7 Å². The van der Waals surface area contributed by atoms with Gasteiger partial charge in [-0.1, -0.05) is 35.1 Å². The number of hydrogen-bond acceptors (Lipinski definition) is 7. The fraction of sp³-hybridized carbons (Fsp3) is 0.333. The third-order valence-corrected chi connectivity index (χ3v) is 6.38. The second-order valence-corrected chi connectivity index (χ2v) is 8.63. The van der Waals surface area contributed by atoms with Crippen LogP contribution < -0.4 is 10.6 Å². The monoisotopic (exact) mass is 444 g/mol. The number of nitrogens with two attached hydrogens (primary N) is 1. The number of nitrogens with zero attached hydrogens (tertiary/aromatic N) is 3. The molecule has 0 saturated carbocycles. The summed E-state index contributed by atoms with van der Waals surface area (Å²) in [6, 6.07) is 8.87. The summed E-state index contributed by atoms with van der Waals surface area (Å²) in [7, 11) is 0. The first-order valence-corrected chi connectivity index (χ1v) is 10.9. The van der Waals surface area contributed by atoms with E-state index >= 15 is 0 Å². The van der Waals surface area contributed by atoms with E-state index in [4.69, 9.17) is 27.1 Å². The number of fused-ring (bicyclic) bond motifs is 1. The highest BCUT2D eigenvalue weighted by molar-refractivity contribution is 7.22. The molecule has 0 bridgehead atoms. The molecule has 0 aliphatic carbocycles. The molecule has 4 rings (SSSR count). The molecule has 7 nitrogen and oxygen atoms in total. The number of ether oxygens (including phenoxy) is 1. The van der Waals surface area contributed by atoms with Crippen LogP contribution in [0.4, 0.5) is 5.13 Å². The Kier molecular flexibility index (Phi) is 5.87. The summed E-state index contributed by atoms with van der Waals surface area (Å²) in [5.74, 6) is -1.34. The van der Waals surface area contributed by atoms with Gasteiger partial charge in [-0.25, -0.2) is 9.78 Å². The Bertz CT molecular complexity index is 1110. The number of amides is 1. The van der Waals surface area contributed by atoms with Gasteiger partial charge in [0.1, 0.15) is 0 Å². The molecule has 3 aromatic rings. The first-order chi connectivity index (χ1) is 14.4. The fourth-order valence-corrected chi connectivity index (χ4v) is 4.60. The van der Waals surface area contributed by atoms with Gasteiger partial charge in [0.2, 0.25) is 0 Å². The van der Waals surface area contributed by atoms with E-state index in [9.17, 15) is 9.59 Å². The number of aromatic nitrogens is 2. The summed E-state index contributed by atoms with van der Waals surface area (Å²) in [5.41, 5.74) is 7.35. The minimum Gasteiger partial charge on any atom is -0.449 e. The molecule has 9 heteroatoms. The highest BCUT2D eigenvalue weighted by Crippen LogP contribution is 2.35. The van der Waals surface area contributed by atoms with Gasteiger partial charge < -0.3 is 15.4 Å². The van der Waals surface area contributed by atoms with Crippen molar-refractivity contribution in [3.63, 3.8) is 0 Å². The lowest BCUT2D eigenvalue weighted by Gasteiger charge is -2.25. The maximum atomic E-state index is 12.9. The lowest BCUT2D eigenvalue weighted by molar-refractivity contribution is -0.125.